The molecule has 29 heavy (non-hydrogen) atoms. The van der Waals surface area contributed by atoms with E-state index in [1.807, 2.05) is 0 Å². The molecule has 7 heteroatoms. The number of amides is 1. The first-order valence-corrected chi connectivity index (χ1v) is 9.79. The minimum Gasteiger partial charge on any atom is -0.322 e. The first kappa shape index (κ1) is 21.3. The molecule has 152 valence electrons. The Hall–Kier alpha value is -2.37. The zero-order chi connectivity index (χ0) is 21.3. The zero-order valence-electron chi connectivity index (χ0n) is 16.0. The predicted molar refractivity (Wildman–Crippen MR) is 115 cm³/mol. The predicted octanol–water partition coefficient (Wildman–Crippen LogP) is 6.91. The van der Waals surface area contributed by atoms with Crippen LogP contribution in [-0.4, -0.2) is 16.4 Å². The quantitative estimate of drug-likeness (QED) is 0.518. The van der Waals surface area contributed by atoms with Crippen LogP contribution < -0.4 is 5.32 Å². The highest BCUT2D eigenvalue weighted by molar-refractivity contribution is 6.42. The Balaban J connectivity index is 2.01. The molecule has 0 atom stereocenters. The lowest BCUT2D eigenvalue weighted by molar-refractivity contribution is 0.0410. The number of allylic oxidation sites excluding steroid dienone is 5. The van der Waals surface area contributed by atoms with Crippen molar-refractivity contribution in [2.24, 2.45) is 0 Å². The van der Waals surface area contributed by atoms with Crippen molar-refractivity contribution < 1.29 is 13.6 Å². The Morgan fingerprint density at radius 2 is 2.03 bits per heavy atom. The van der Waals surface area contributed by atoms with Crippen molar-refractivity contribution in [1.82, 2.24) is 4.57 Å². The number of aromatic nitrogens is 1. The topological polar surface area (TPSA) is 34.0 Å². The number of nitrogens with zero attached hydrogens (tertiary/aromatic N) is 1. The molecule has 2 aromatic rings. The van der Waals surface area contributed by atoms with Crippen LogP contribution in [0, 0.1) is 6.92 Å². The number of carbonyl (C=O) groups is 1. The first-order valence-electron chi connectivity index (χ1n) is 9.03. The molecule has 0 fully saturated rings. The van der Waals surface area contributed by atoms with Gasteiger partial charge in [-0.2, -0.15) is 0 Å². The largest absolute Gasteiger partial charge is 0.322 e. The van der Waals surface area contributed by atoms with E-state index in [1.165, 1.54) is 18.2 Å². The van der Waals surface area contributed by atoms with Gasteiger partial charge in [-0.1, -0.05) is 41.4 Å². The standard InChI is InChI=1S/C22H20Cl2F2N2O/c1-4-6-7-17-20(5-2)28-13(3)16(11-15(28)12-22(17,25)26)21(29)27-14-8-9-18(23)19(24)10-14/h4-5,7-11H,1,6,12H2,2-3H3,(H,27,29)/b17-7+,20-5+. The molecule has 3 rings (SSSR count). The molecule has 1 aliphatic heterocycles. The molecule has 1 aromatic carbocycles. The van der Waals surface area contributed by atoms with Crippen LogP contribution in [0.1, 0.15) is 35.1 Å². The van der Waals surface area contributed by atoms with Crippen LogP contribution in [0.3, 0.4) is 0 Å². The van der Waals surface area contributed by atoms with Crippen LogP contribution >= 0.6 is 23.2 Å². The summed E-state index contributed by atoms with van der Waals surface area (Å²) in [5, 5.41) is 3.43. The smallest absolute Gasteiger partial charge is 0.280 e. The monoisotopic (exact) mass is 436 g/mol. The molecule has 0 radical (unpaired) electrons. The van der Waals surface area contributed by atoms with E-state index in [-0.39, 0.29) is 5.57 Å². The van der Waals surface area contributed by atoms with Crippen LogP contribution in [0.4, 0.5) is 14.5 Å². The minimum atomic E-state index is -3.02. The lowest BCUT2D eigenvalue weighted by Gasteiger charge is -2.30. The fourth-order valence-electron chi connectivity index (χ4n) is 3.51. The van der Waals surface area contributed by atoms with Gasteiger partial charge in [0.1, 0.15) is 0 Å². The number of nitrogens with one attached hydrogen (secondary N) is 1. The SMILES string of the molecule is C=CC/C=C1\C(=C/C)n2c(cc(C(=O)Nc3ccc(Cl)c(Cl)c3)c2C)CC1(F)F. The van der Waals surface area contributed by atoms with Crippen LogP contribution in [0.2, 0.25) is 10.0 Å². The van der Waals surface area contributed by atoms with Gasteiger partial charge < -0.3 is 9.88 Å². The van der Waals surface area contributed by atoms with Gasteiger partial charge in [0, 0.05) is 22.6 Å². The molecule has 0 unspecified atom stereocenters. The van der Waals surface area contributed by atoms with Crippen molar-refractivity contribution in [3.8, 4) is 0 Å². The Kier molecular flexibility index (Phi) is 6.01. The first-order chi connectivity index (χ1) is 13.7. The molecular weight excluding hydrogens is 417 g/mol. The van der Waals surface area contributed by atoms with Crippen molar-refractivity contribution in [1.29, 1.82) is 0 Å². The maximum absolute atomic E-state index is 14.8. The minimum absolute atomic E-state index is 0.0532. The number of benzene rings is 1. The van der Waals surface area contributed by atoms with Crippen molar-refractivity contribution in [2.75, 3.05) is 5.32 Å². The third-order valence-electron chi connectivity index (χ3n) is 4.82. The summed E-state index contributed by atoms with van der Waals surface area (Å²) >= 11 is 11.9. The number of hydrogen-bond acceptors (Lipinski definition) is 1. The molecule has 0 aliphatic carbocycles. The molecule has 2 heterocycles. The fourth-order valence-corrected chi connectivity index (χ4v) is 3.81. The van der Waals surface area contributed by atoms with Gasteiger partial charge in [-0.3, -0.25) is 4.79 Å². The molecule has 3 nitrogen and oxygen atoms in total. The summed E-state index contributed by atoms with van der Waals surface area (Å²) < 4.78 is 31.3. The normalized spacial score (nSPS) is 18.0. The number of carbonyl (C=O) groups excluding carboxylic acids is 1. The van der Waals surface area contributed by atoms with Crippen molar-refractivity contribution in [3.05, 3.63) is 81.6 Å². The molecule has 0 saturated carbocycles. The Morgan fingerprint density at radius 3 is 2.66 bits per heavy atom. The van der Waals surface area contributed by atoms with E-state index in [2.05, 4.69) is 11.9 Å². The van der Waals surface area contributed by atoms with Gasteiger partial charge in [0.15, 0.2) is 0 Å². The summed E-state index contributed by atoms with van der Waals surface area (Å²) in [4.78, 5) is 12.8. The molecule has 1 N–H and O–H groups in total. The zero-order valence-corrected chi connectivity index (χ0v) is 17.5. The van der Waals surface area contributed by atoms with Crippen LogP contribution in [-0.2, 0) is 6.42 Å². The second-order valence-corrected chi connectivity index (χ2v) is 7.56. The lowest BCUT2D eigenvalue weighted by atomic mass is 9.95. The van der Waals surface area contributed by atoms with Gasteiger partial charge in [0.2, 0.25) is 0 Å². The Labute approximate surface area is 178 Å². The van der Waals surface area contributed by atoms with Gasteiger partial charge >= 0.3 is 0 Å². The summed E-state index contributed by atoms with van der Waals surface area (Å²) in [5.74, 6) is -3.43. The molecule has 1 aliphatic rings. The van der Waals surface area contributed by atoms with Crippen LogP contribution in [0.15, 0.2) is 54.6 Å². The van der Waals surface area contributed by atoms with Gasteiger partial charge in [-0.15, -0.1) is 6.58 Å². The molecule has 1 amide bonds. The van der Waals surface area contributed by atoms with E-state index >= 15 is 0 Å². The highest BCUT2D eigenvalue weighted by atomic mass is 35.5. The van der Waals surface area contributed by atoms with Crippen molar-refractivity contribution >= 4 is 40.5 Å². The second kappa shape index (κ2) is 8.17. The van der Waals surface area contributed by atoms with Crippen molar-refractivity contribution in [2.45, 2.75) is 32.6 Å². The Bertz CT molecular complexity index is 1050. The van der Waals surface area contributed by atoms with E-state index in [0.29, 0.717) is 44.8 Å². The van der Waals surface area contributed by atoms with E-state index in [1.54, 1.807) is 42.7 Å². The van der Waals surface area contributed by atoms with E-state index in [0.717, 1.165) is 0 Å². The highest BCUT2D eigenvalue weighted by Crippen LogP contribution is 2.43. The third kappa shape index (κ3) is 4.02. The highest BCUT2D eigenvalue weighted by Gasteiger charge is 2.43. The maximum atomic E-state index is 14.8. The van der Waals surface area contributed by atoms with Crippen molar-refractivity contribution in [3.63, 3.8) is 0 Å². The summed E-state index contributed by atoms with van der Waals surface area (Å²) in [6.45, 7) is 7.04. The molecular formula is C22H20Cl2F2N2O. The number of rotatable bonds is 4. The number of anilines is 1. The van der Waals surface area contributed by atoms with E-state index in [9.17, 15) is 13.6 Å². The maximum Gasteiger partial charge on any atom is 0.280 e. The van der Waals surface area contributed by atoms with Crippen LogP contribution in [0.5, 0.6) is 0 Å². The molecule has 1 aromatic heterocycles. The second-order valence-electron chi connectivity index (χ2n) is 6.75. The fraction of sp³-hybridized carbons (Fsp3) is 0.227. The Morgan fingerprint density at radius 1 is 1.31 bits per heavy atom. The summed E-state index contributed by atoms with van der Waals surface area (Å²) in [7, 11) is 0. The molecule has 0 saturated heterocycles. The van der Waals surface area contributed by atoms with Gasteiger partial charge in [-0.05, 0) is 44.5 Å². The van der Waals surface area contributed by atoms with Gasteiger partial charge in [0.25, 0.3) is 11.8 Å². The number of halogens is 4. The molecule has 0 spiro atoms. The number of alkyl halides is 2. The third-order valence-corrected chi connectivity index (χ3v) is 5.56. The lowest BCUT2D eigenvalue weighted by Crippen LogP contribution is -2.31. The summed E-state index contributed by atoms with van der Waals surface area (Å²) in [6.07, 6.45) is 4.56. The molecule has 0 bridgehead atoms. The van der Waals surface area contributed by atoms with Gasteiger partial charge in [-0.25, -0.2) is 8.78 Å². The summed E-state index contributed by atoms with van der Waals surface area (Å²) in [6, 6.07) is 6.25. The average molecular weight is 437 g/mol. The number of hydrogen-bond donors (Lipinski definition) is 1. The number of fused-ring (bicyclic) bond motifs is 1. The van der Waals surface area contributed by atoms with Crippen LogP contribution in [0.25, 0.3) is 5.70 Å². The van der Waals surface area contributed by atoms with Gasteiger partial charge in [0.05, 0.1) is 27.7 Å². The summed E-state index contributed by atoms with van der Waals surface area (Å²) in [5.41, 5.74) is 2.09. The van der Waals surface area contributed by atoms with E-state index < -0.39 is 18.3 Å². The van der Waals surface area contributed by atoms with E-state index in [4.69, 9.17) is 23.2 Å². The average Bonchev–Trinajstić information content (AvgIpc) is 2.97.